The van der Waals surface area contributed by atoms with Crippen LogP contribution < -0.4 is 5.32 Å². The second-order valence-corrected chi connectivity index (χ2v) is 3.76. The Balaban J connectivity index is 1.86. The normalized spacial score (nSPS) is 19.7. The summed E-state index contributed by atoms with van der Waals surface area (Å²) in [7, 11) is 0. The minimum absolute atomic E-state index is 0.972. The molecule has 12 heavy (non-hydrogen) atoms. The van der Waals surface area contributed by atoms with Crippen LogP contribution in [0, 0.1) is 6.54 Å². The number of hydrogen-bond donors (Lipinski definition) is 1. The highest BCUT2D eigenvalue weighted by Crippen LogP contribution is 2.09. The monoisotopic (exact) mass is 182 g/mol. The predicted molar refractivity (Wildman–Crippen MR) is 49.7 cm³/mol. The van der Waals surface area contributed by atoms with Gasteiger partial charge in [0.05, 0.1) is 6.54 Å². The summed E-state index contributed by atoms with van der Waals surface area (Å²) >= 11 is 1.72. The molecule has 3 nitrogen and oxygen atoms in total. The Morgan fingerprint density at radius 3 is 3.33 bits per heavy atom. The average molecular weight is 182 g/mol. The van der Waals surface area contributed by atoms with Crippen LogP contribution in [0.2, 0.25) is 0 Å². The van der Waals surface area contributed by atoms with Gasteiger partial charge in [-0.3, -0.25) is 4.90 Å². The van der Waals surface area contributed by atoms with Gasteiger partial charge in [-0.15, -0.1) is 11.3 Å². The zero-order valence-electron chi connectivity index (χ0n) is 6.86. The van der Waals surface area contributed by atoms with E-state index in [-0.39, 0.29) is 0 Å². The van der Waals surface area contributed by atoms with E-state index in [2.05, 4.69) is 21.7 Å². The van der Waals surface area contributed by atoms with Crippen molar-refractivity contribution in [2.45, 2.75) is 6.54 Å². The molecule has 0 aromatic carbocycles. The lowest BCUT2D eigenvalue weighted by Crippen LogP contribution is -2.39. The first kappa shape index (κ1) is 8.16. The zero-order chi connectivity index (χ0) is 8.23. The molecule has 1 aromatic rings. The van der Waals surface area contributed by atoms with Crippen LogP contribution in [-0.2, 0) is 6.54 Å². The summed E-state index contributed by atoms with van der Waals surface area (Å²) in [6.07, 6.45) is 1.86. The predicted octanol–water partition coefficient (Wildman–Crippen LogP) is 0.710. The number of hydrogen-bond acceptors (Lipinski definition) is 4. The second-order valence-electron chi connectivity index (χ2n) is 2.78. The van der Waals surface area contributed by atoms with Crippen molar-refractivity contribution in [1.82, 2.24) is 15.2 Å². The maximum Gasteiger partial charge on any atom is 0.107 e. The number of aromatic nitrogens is 1. The molecular formula is C8H12N3S. The van der Waals surface area contributed by atoms with Gasteiger partial charge in [-0.1, -0.05) is 0 Å². The molecule has 1 radical (unpaired) electrons. The third kappa shape index (κ3) is 2.03. The van der Waals surface area contributed by atoms with E-state index in [9.17, 15) is 0 Å². The van der Waals surface area contributed by atoms with Crippen molar-refractivity contribution in [3.8, 4) is 0 Å². The van der Waals surface area contributed by atoms with Crippen LogP contribution in [0.1, 0.15) is 5.01 Å². The first-order valence-corrected chi connectivity index (χ1v) is 4.99. The lowest BCUT2D eigenvalue weighted by molar-refractivity contribution is 0.285. The number of nitrogens with zero attached hydrogens (tertiary/aromatic N) is 2. The Labute approximate surface area is 76.4 Å². The molecular weight excluding hydrogens is 170 g/mol. The van der Waals surface area contributed by atoms with Crippen molar-refractivity contribution in [2.24, 2.45) is 0 Å². The van der Waals surface area contributed by atoms with Gasteiger partial charge >= 0.3 is 0 Å². The summed E-state index contributed by atoms with van der Waals surface area (Å²) in [5, 5.41) is 6.51. The van der Waals surface area contributed by atoms with Crippen molar-refractivity contribution in [2.75, 3.05) is 19.6 Å². The van der Waals surface area contributed by atoms with E-state index >= 15 is 0 Å². The van der Waals surface area contributed by atoms with Crippen molar-refractivity contribution >= 4 is 11.3 Å². The molecule has 1 fully saturated rings. The molecule has 1 aromatic heterocycles. The first-order chi connectivity index (χ1) is 5.95. The minimum Gasteiger partial charge on any atom is -0.314 e. The minimum atomic E-state index is 0.972. The largest absolute Gasteiger partial charge is 0.314 e. The molecule has 2 heterocycles. The van der Waals surface area contributed by atoms with Crippen LogP contribution in [0.5, 0.6) is 0 Å². The van der Waals surface area contributed by atoms with E-state index in [0.717, 1.165) is 26.2 Å². The number of rotatable bonds is 2. The average Bonchev–Trinajstić information content (AvgIpc) is 2.59. The van der Waals surface area contributed by atoms with E-state index < -0.39 is 0 Å². The maximum atomic E-state index is 4.25. The quantitative estimate of drug-likeness (QED) is 0.730. The number of thiazole rings is 1. The molecule has 0 bridgehead atoms. The fourth-order valence-electron chi connectivity index (χ4n) is 1.26. The lowest BCUT2D eigenvalue weighted by atomic mass is 10.4. The van der Waals surface area contributed by atoms with E-state index in [1.165, 1.54) is 5.01 Å². The molecule has 1 aliphatic rings. The molecule has 1 N–H and O–H groups in total. The van der Waals surface area contributed by atoms with Crippen LogP contribution >= 0.6 is 11.3 Å². The van der Waals surface area contributed by atoms with Crippen LogP contribution in [0.4, 0.5) is 0 Å². The van der Waals surface area contributed by atoms with Gasteiger partial charge in [-0.2, -0.15) is 0 Å². The highest BCUT2D eigenvalue weighted by atomic mass is 32.1. The van der Waals surface area contributed by atoms with E-state index in [0.29, 0.717) is 0 Å². The van der Waals surface area contributed by atoms with Gasteiger partial charge in [0.15, 0.2) is 0 Å². The third-order valence-electron chi connectivity index (χ3n) is 1.89. The summed E-state index contributed by atoms with van der Waals surface area (Å²) < 4.78 is 0. The smallest absolute Gasteiger partial charge is 0.107 e. The van der Waals surface area contributed by atoms with E-state index in [4.69, 9.17) is 0 Å². The molecule has 0 saturated carbocycles. The fraction of sp³-hybridized carbons (Fsp3) is 0.500. The second kappa shape index (κ2) is 3.98. The molecule has 2 rings (SSSR count). The van der Waals surface area contributed by atoms with Gasteiger partial charge in [-0.05, 0) is 0 Å². The van der Waals surface area contributed by atoms with Crippen LogP contribution in [0.15, 0.2) is 11.6 Å². The summed E-state index contributed by atoms with van der Waals surface area (Å²) in [6.45, 7) is 6.34. The van der Waals surface area contributed by atoms with Crippen LogP contribution in [0.25, 0.3) is 0 Å². The fourth-order valence-corrected chi connectivity index (χ4v) is 1.90. The molecule has 0 aliphatic carbocycles. The Hall–Kier alpha value is -0.450. The lowest BCUT2D eigenvalue weighted by Gasteiger charge is -2.25. The summed E-state index contributed by atoms with van der Waals surface area (Å²) in [6, 6.07) is 0. The maximum absolute atomic E-state index is 4.25. The van der Waals surface area contributed by atoms with E-state index in [1.807, 2.05) is 11.6 Å². The van der Waals surface area contributed by atoms with Crippen molar-refractivity contribution in [3.63, 3.8) is 0 Å². The molecule has 0 atom stereocenters. The molecule has 65 valence electrons. The molecule has 4 heteroatoms. The zero-order valence-corrected chi connectivity index (χ0v) is 7.68. The Morgan fingerprint density at radius 1 is 1.67 bits per heavy atom. The number of nitrogens with one attached hydrogen (secondary N) is 1. The summed E-state index contributed by atoms with van der Waals surface area (Å²) in [5.74, 6) is 0. The van der Waals surface area contributed by atoms with Gasteiger partial charge in [0.25, 0.3) is 0 Å². The van der Waals surface area contributed by atoms with Gasteiger partial charge in [-0.25, -0.2) is 4.98 Å². The first-order valence-electron chi connectivity index (χ1n) is 4.11. The van der Waals surface area contributed by atoms with Crippen molar-refractivity contribution in [3.05, 3.63) is 23.1 Å². The standard InChI is InChI=1S/C8H12N3S/c1-4-11(5-2-9-1)7-8-10-3-6-12-8/h3-4,6,9H,1-2,5,7H2. The van der Waals surface area contributed by atoms with Gasteiger partial charge in [0.1, 0.15) is 5.01 Å². The molecule has 1 saturated heterocycles. The molecule has 0 spiro atoms. The summed E-state index contributed by atoms with van der Waals surface area (Å²) in [5.41, 5.74) is 0. The highest BCUT2D eigenvalue weighted by Gasteiger charge is 2.10. The number of piperazine rings is 1. The Morgan fingerprint density at radius 2 is 2.67 bits per heavy atom. The SMILES string of the molecule is [CH]1CNCCN1Cc1nccs1. The third-order valence-corrected chi connectivity index (χ3v) is 2.66. The van der Waals surface area contributed by atoms with Gasteiger partial charge < -0.3 is 5.32 Å². The van der Waals surface area contributed by atoms with Crippen LogP contribution in [-0.4, -0.2) is 29.5 Å². The van der Waals surface area contributed by atoms with Crippen molar-refractivity contribution < 1.29 is 0 Å². The highest BCUT2D eigenvalue weighted by molar-refractivity contribution is 7.09. The van der Waals surface area contributed by atoms with E-state index in [1.54, 1.807) is 11.3 Å². The topological polar surface area (TPSA) is 28.2 Å². The summed E-state index contributed by atoms with van der Waals surface area (Å²) in [4.78, 5) is 6.56. The molecule has 1 aliphatic heterocycles. The Bertz CT molecular complexity index is 216. The molecule has 0 amide bonds. The van der Waals surface area contributed by atoms with Gasteiger partial charge in [0.2, 0.25) is 0 Å². The molecule has 0 unspecified atom stereocenters. The van der Waals surface area contributed by atoms with Crippen LogP contribution in [0.3, 0.4) is 0 Å². The van der Waals surface area contributed by atoms with Gasteiger partial charge in [0, 0.05) is 37.8 Å². The van der Waals surface area contributed by atoms with Crippen molar-refractivity contribution in [1.29, 1.82) is 0 Å². The Kier molecular flexibility index (Phi) is 2.71.